The SMILES string of the molecule is O=C(C=Cc1csc(-c2ccccc2)n1)NCc1ccc(C(=O)NCc2ccccc2)cc1. The largest absolute Gasteiger partial charge is 0.348 e. The highest BCUT2D eigenvalue weighted by molar-refractivity contribution is 7.13. The van der Waals surface area contributed by atoms with Gasteiger partial charge in [0.25, 0.3) is 5.91 Å². The number of nitrogens with one attached hydrogen (secondary N) is 2. The van der Waals surface area contributed by atoms with Crippen molar-refractivity contribution in [2.45, 2.75) is 13.1 Å². The first-order valence-electron chi connectivity index (χ1n) is 10.6. The number of hydrogen-bond acceptors (Lipinski definition) is 4. The Bertz CT molecular complexity index is 1230. The van der Waals surface area contributed by atoms with E-state index in [0.29, 0.717) is 18.7 Å². The lowest BCUT2D eigenvalue weighted by Gasteiger charge is -2.07. The van der Waals surface area contributed by atoms with Gasteiger partial charge in [-0.15, -0.1) is 11.3 Å². The lowest BCUT2D eigenvalue weighted by atomic mass is 10.1. The van der Waals surface area contributed by atoms with Crippen molar-refractivity contribution in [3.63, 3.8) is 0 Å². The van der Waals surface area contributed by atoms with E-state index in [4.69, 9.17) is 0 Å². The van der Waals surface area contributed by atoms with Crippen molar-refractivity contribution < 1.29 is 9.59 Å². The molecular weight excluding hydrogens is 430 g/mol. The second kappa shape index (κ2) is 11.0. The monoisotopic (exact) mass is 453 g/mol. The Morgan fingerprint density at radius 3 is 2.15 bits per heavy atom. The van der Waals surface area contributed by atoms with Gasteiger partial charge in [-0.05, 0) is 29.3 Å². The Kier molecular flexibility index (Phi) is 7.40. The van der Waals surface area contributed by atoms with Crippen LogP contribution in [0.1, 0.15) is 27.2 Å². The van der Waals surface area contributed by atoms with Gasteiger partial charge in [0.05, 0.1) is 5.69 Å². The summed E-state index contributed by atoms with van der Waals surface area (Å²) < 4.78 is 0. The topological polar surface area (TPSA) is 71.1 Å². The first-order chi connectivity index (χ1) is 16.2. The maximum Gasteiger partial charge on any atom is 0.251 e. The lowest BCUT2D eigenvalue weighted by Crippen LogP contribution is -2.23. The van der Waals surface area contributed by atoms with E-state index in [9.17, 15) is 9.59 Å². The van der Waals surface area contributed by atoms with E-state index in [-0.39, 0.29) is 11.8 Å². The normalized spacial score (nSPS) is 10.8. The Hall–Kier alpha value is -4.03. The van der Waals surface area contributed by atoms with Crippen LogP contribution in [0.3, 0.4) is 0 Å². The molecule has 0 bridgehead atoms. The minimum Gasteiger partial charge on any atom is -0.348 e. The zero-order valence-electron chi connectivity index (χ0n) is 17.9. The molecule has 0 spiro atoms. The summed E-state index contributed by atoms with van der Waals surface area (Å²) in [5.74, 6) is -0.329. The molecule has 5 nitrogen and oxygen atoms in total. The van der Waals surface area contributed by atoms with Gasteiger partial charge in [0, 0.05) is 35.7 Å². The average molecular weight is 454 g/mol. The molecular formula is C27H23N3O2S. The van der Waals surface area contributed by atoms with Crippen LogP contribution in [0.15, 0.2) is 96.4 Å². The van der Waals surface area contributed by atoms with E-state index < -0.39 is 0 Å². The number of carbonyl (C=O) groups excluding carboxylic acids is 2. The van der Waals surface area contributed by atoms with Crippen molar-refractivity contribution in [2.24, 2.45) is 0 Å². The predicted molar refractivity (Wildman–Crippen MR) is 132 cm³/mol. The van der Waals surface area contributed by atoms with Gasteiger partial charge in [-0.1, -0.05) is 72.8 Å². The minimum absolute atomic E-state index is 0.129. The smallest absolute Gasteiger partial charge is 0.251 e. The highest BCUT2D eigenvalue weighted by Gasteiger charge is 2.06. The Balaban J connectivity index is 1.24. The van der Waals surface area contributed by atoms with Crippen molar-refractivity contribution in [2.75, 3.05) is 0 Å². The van der Waals surface area contributed by atoms with Gasteiger partial charge in [0.2, 0.25) is 5.91 Å². The van der Waals surface area contributed by atoms with Crippen LogP contribution in [0.5, 0.6) is 0 Å². The maximum atomic E-state index is 12.3. The summed E-state index contributed by atoms with van der Waals surface area (Å²) >= 11 is 1.54. The van der Waals surface area contributed by atoms with Gasteiger partial charge < -0.3 is 10.6 Å². The van der Waals surface area contributed by atoms with E-state index in [1.165, 1.54) is 6.08 Å². The molecule has 0 fully saturated rings. The number of aromatic nitrogens is 1. The molecule has 33 heavy (non-hydrogen) atoms. The van der Waals surface area contributed by atoms with Gasteiger partial charge in [-0.25, -0.2) is 4.98 Å². The zero-order valence-corrected chi connectivity index (χ0v) is 18.7. The third-order valence-corrected chi connectivity index (χ3v) is 5.84. The molecule has 0 aliphatic carbocycles. The van der Waals surface area contributed by atoms with Crippen LogP contribution < -0.4 is 10.6 Å². The molecule has 0 saturated carbocycles. The maximum absolute atomic E-state index is 12.3. The molecule has 0 radical (unpaired) electrons. The third kappa shape index (κ3) is 6.48. The molecule has 164 valence electrons. The number of rotatable bonds is 8. The molecule has 6 heteroatoms. The lowest BCUT2D eigenvalue weighted by molar-refractivity contribution is -0.116. The van der Waals surface area contributed by atoms with Gasteiger partial charge in [0.1, 0.15) is 5.01 Å². The molecule has 0 unspecified atom stereocenters. The van der Waals surface area contributed by atoms with Crippen LogP contribution in [0.25, 0.3) is 16.6 Å². The summed E-state index contributed by atoms with van der Waals surface area (Å²) in [5.41, 5.74) is 4.35. The predicted octanol–water partition coefficient (Wildman–Crippen LogP) is 5.07. The van der Waals surface area contributed by atoms with E-state index in [1.54, 1.807) is 29.5 Å². The van der Waals surface area contributed by atoms with E-state index >= 15 is 0 Å². The molecule has 4 aromatic rings. The summed E-state index contributed by atoms with van der Waals surface area (Å²) in [7, 11) is 0. The van der Waals surface area contributed by atoms with Crippen molar-refractivity contribution >= 4 is 29.2 Å². The van der Waals surface area contributed by atoms with E-state index in [1.807, 2.05) is 78.2 Å². The second-order valence-corrected chi connectivity index (χ2v) is 8.22. The van der Waals surface area contributed by atoms with Gasteiger partial charge in [-0.2, -0.15) is 0 Å². The first-order valence-corrected chi connectivity index (χ1v) is 11.4. The second-order valence-electron chi connectivity index (χ2n) is 7.36. The number of hydrogen-bond donors (Lipinski definition) is 2. The summed E-state index contributed by atoms with van der Waals surface area (Å²) in [6.07, 6.45) is 3.19. The van der Waals surface area contributed by atoms with Crippen LogP contribution in [0.4, 0.5) is 0 Å². The van der Waals surface area contributed by atoms with Crippen LogP contribution in [0, 0.1) is 0 Å². The molecule has 4 rings (SSSR count). The number of thiazole rings is 1. The average Bonchev–Trinajstić information content (AvgIpc) is 3.35. The summed E-state index contributed by atoms with van der Waals surface area (Å²) in [5, 5.41) is 8.60. The van der Waals surface area contributed by atoms with Gasteiger partial charge in [0.15, 0.2) is 0 Å². The molecule has 0 aliphatic rings. The Morgan fingerprint density at radius 2 is 1.42 bits per heavy atom. The highest BCUT2D eigenvalue weighted by Crippen LogP contribution is 2.23. The fourth-order valence-corrected chi connectivity index (χ4v) is 3.93. The fraction of sp³-hybridized carbons (Fsp3) is 0.0741. The van der Waals surface area contributed by atoms with Gasteiger partial charge in [-0.3, -0.25) is 9.59 Å². The van der Waals surface area contributed by atoms with E-state index in [0.717, 1.165) is 27.4 Å². The van der Waals surface area contributed by atoms with Crippen molar-refractivity contribution in [1.29, 1.82) is 0 Å². The molecule has 0 aliphatic heterocycles. The summed E-state index contributed by atoms with van der Waals surface area (Å²) in [6.45, 7) is 0.858. The van der Waals surface area contributed by atoms with Gasteiger partial charge >= 0.3 is 0 Å². The van der Waals surface area contributed by atoms with E-state index in [2.05, 4.69) is 15.6 Å². The molecule has 1 heterocycles. The molecule has 0 atom stereocenters. The highest BCUT2D eigenvalue weighted by atomic mass is 32.1. The molecule has 2 amide bonds. The number of amides is 2. The summed E-state index contributed by atoms with van der Waals surface area (Å²) in [4.78, 5) is 29.0. The first kappa shape index (κ1) is 22.2. The van der Waals surface area contributed by atoms with Crippen LogP contribution in [0.2, 0.25) is 0 Å². The number of carbonyl (C=O) groups is 2. The molecule has 0 saturated heterocycles. The molecule has 3 aromatic carbocycles. The quantitative estimate of drug-likeness (QED) is 0.366. The summed E-state index contributed by atoms with van der Waals surface area (Å²) in [6, 6.07) is 26.9. The van der Waals surface area contributed by atoms with Crippen LogP contribution in [-0.2, 0) is 17.9 Å². The number of benzene rings is 3. The Labute approximate surface area is 196 Å². The standard InChI is InChI=1S/C27H23N3O2S/c31-25(16-15-24-19-33-27(30-24)23-9-5-2-6-10-23)28-17-21-11-13-22(14-12-21)26(32)29-18-20-7-3-1-4-8-20/h1-16,19H,17-18H2,(H,28,31)(H,29,32). The molecule has 1 aromatic heterocycles. The zero-order chi connectivity index (χ0) is 22.9. The number of nitrogens with zero attached hydrogens (tertiary/aromatic N) is 1. The third-order valence-electron chi connectivity index (χ3n) is 4.93. The van der Waals surface area contributed by atoms with Crippen LogP contribution in [-0.4, -0.2) is 16.8 Å². The molecule has 2 N–H and O–H groups in total. The fourth-order valence-electron chi connectivity index (χ4n) is 3.14. The Morgan fingerprint density at radius 1 is 0.788 bits per heavy atom. The minimum atomic E-state index is -0.200. The van der Waals surface area contributed by atoms with Crippen LogP contribution >= 0.6 is 11.3 Å². The van der Waals surface area contributed by atoms with Crippen molar-refractivity contribution in [3.05, 3.63) is 119 Å². The van der Waals surface area contributed by atoms with Crippen molar-refractivity contribution in [3.8, 4) is 10.6 Å². The van der Waals surface area contributed by atoms with Crippen molar-refractivity contribution in [1.82, 2.24) is 15.6 Å².